The van der Waals surface area contributed by atoms with E-state index in [0.717, 1.165) is 52.2 Å². The average Bonchev–Trinajstić information content (AvgIpc) is 3.24. The van der Waals surface area contributed by atoms with Crippen LogP contribution >= 0.6 is 11.3 Å². The predicted octanol–water partition coefficient (Wildman–Crippen LogP) is 5.00. The number of rotatable bonds is 4. The first-order chi connectivity index (χ1) is 13.1. The van der Waals surface area contributed by atoms with Gasteiger partial charge in [0.2, 0.25) is 0 Å². The number of aryl methyl sites for hydroxylation is 1. The molecule has 27 heavy (non-hydrogen) atoms. The van der Waals surface area contributed by atoms with E-state index in [-0.39, 0.29) is 11.7 Å². The van der Waals surface area contributed by atoms with Gasteiger partial charge in [0.1, 0.15) is 10.6 Å². The molecule has 142 valence electrons. The molecule has 0 N–H and O–H groups in total. The van der Waals surface area contributed by atoms with Crippen LogP contribution in [0.15, 0.2) is 30.3 Å². The first-order valence-electron chi connectivity index (χ1n) is 9.59. The van der Waals surface area contributed by atoms with Crippen molar-refractivity contribution in [3.05, 3.63) is 52.3 Å². The lowest BCUT2D eigenvalue weighted by molar-refractivity contribution is 0.0613. The molecule has 6 heteroatoms. The summed E-state index contributed by atoms with van der Waals surface area (Å²) >= 11 is 1.52. The zero-order valence-corrected chi connectivity index (χ0v) is 16.6. The first-order valence-corrected chi connectivity index (χ1v) is 10.4. The Morgan fingerprint density at radius 2 is 2.07 bits per heavy atom. The summed E-state index contributed by atoms with van der Waals surface area (Å²) in [5.41, 5.74) is 1.91. The van der Waals surface area contributed by atoms with Crippen LogP contribution in [0.4, 0.5) is 4.39 Å². The van der Waals surface area contributed by atoms with Gasteiger partial charge >= 0.3 is 0 Å². The minimum Gasteiger partial charge on any atom is -0.335 e. The quantitative estimate of drug-likeness (QED) is 0.634. The van der Waals surface area contributed by atoms with Crippen molar-refractivity contribution in [2.75, 3.05) is 6.54 Å². The van der Waals surface area contributed by atoms with Crippen LogP contribution in [0, 0.1) is 12.7 Å². The highest BCUT2D eigenvalue weighted by Gasteiger charge is 2.28. The number of piperidine rings is 1. The zero-order chi connectivity index (χ0) is 19.0. The van der Waals surface area contributed by atoms with Crippen molar-refractivity contribution in [1.82, 2.24) is 14.7 Å². The van der Waals surface area contributed by atoms with Crippen LogP contribution in [0.1, 0.15) is 53.5 Å². The minimum atomic E-state index is -0.239. The number of benzene rings is 1. The fourth-order valence-electron chi connectivity index (χ4n) is 3.92. The van der Waals surface area contributed by atoms with Gasteiger partial charge in [0, 0.05) is 18.0 Å². The van der Waals surface area contributed by atoms with Crippen molar-refractivity contribution in [2.24, 2.45) is 0 Å². The smallest absolute Gasteiger partial charge is 0.264 e. The third-order valence-electron chi connectivity index (χ3n) is 5.42. The molecule has 4 nitrogen and oxygen atoms in total. The maximum atomic E-state index is 13.1. The molecule has 3 aromatic rings. The number of hydrogen-bond acceptors (Lipinski definition) is 3. The molecule has 1 aromatic carbocycles. The van der Waals surface area contributed by atoms with Crippen LogP contribution in [0.2, 0.25) is 0 Å². The highest BCUT2D eigenvalue weighted by molar-refractivity contribution is 7.20. The number of carbonyl (C=O) groups excluding carboxylic acids is 1. The van der Waals surface area contributed by atoms with E-state index < -0.39 is 0 Å². The highest BCUT2D eigenvalue weighted by atomic mass is 32.1. The van der Waals surface area contributed by atoms with Crippen molar-refractivity contribution in [3.63, 3.8) is 0 Å². The van der Waals surface area contributed by atoms with Crippen LogP contribution in [0.5, 0.6) is 0 Å². The Hall–Kier alpha value is -2.21. The fourth-order valence-corrected chi connectivity index (χ4v) is 5.04. The van der Waals surface area contributed by atoms with Gasteiger partial charge in [0.15, 0.2) is 0 Å². The molecular weight excluding hydrogens is 361 g/mol. The molecular formula is C21H24FN3OS. The number of hydrogen-bond donors (Lipinski definition) is 0. The number of carbonyl (C=O) groups is 1. The molecule has 1 fully saturated rings. The lowest BCUT2D eigenvalue weighted by Gasteiger charge is -2.35. The molecule has 1 amide bonds. The van der Waals surface area contributed by atoms with Gasteiger partial charge in [-0.3, -0.25) is 9.48 Å². The maximum absolute atomic E-state index is 13.1. The summed E-state index contributed by atoms with van der Waals surface area (Å²) in [6, 6.07) is 8.83. The Morgan fingerprint density at radius 1 is 1.30 bits per heavy atom. The summed E-state index contributed by atoms with van der Waals surface area (Å²) in [6.45, 7) is 5.55. The van der Waals surface area contributed by atoms with Gasteiger partial charge in [0.25, 0.3) is 5.91 Å². The van der Waals surface area contributed by atoms with Crippen LogP contribution in [0.25, 0.3) is 10.2 Å². The third-order valence-corrected chi connectivity index (χ3v) is 6.56. The van der Waals surface area contributed by atoms with E-state index in [0.29, 0.717) is 12.6 Å². The molecule has 0 radical (unpaired) electrons. The lowest BCUT2D eigenvalue weighted by atomic mass is 10.00. The van der Waals surface area contributed by atoms with Crippen molar-refractivity contribution in [2.45, 2.75) is 52.1 Å². The van der Waals surface area contributed by atoms with Gasteiger partial charge in [-0.2, -0.15) is 5.10 Å². The second-order valence-corrected chi connectivity index (χ2v) is 8.29. The molecule has 4 rings (SSSR count). The Labute approximate surface area is 162 Å². The van der Waals surface area contributed by atoms with Crippen molar-refractivity contribution in [1.29, 1.82) is 0 Å². The van der Waals surface area contributed by atoms with Gasteiger partial charge < -0.3 is 4.90 Å². The van der Waals surface area contributed by atoms with Crippen molar-refractivity contribution < 1.29 is 9.18 Å². The molecule has 1 atom stereocenters. The monoisotopic (exact) mass is 385 g/mol. The van der Waals surface area contributed by atoms with Gasteiger partial charge in [-0.25, -0.2) is 4.39 Å². The van der Waals surface area contributed by atoms with Crippen molar-refractivity contribution >= 4 is 27.5 Å². The van der Waals surface area contributed by atoms with E-state index in [2.05, 4.69) is 16.9 Å². The van der Waals surface area contributed by atoms with E-state index in [9.17, 15) is 9.18 Å². The highest BCUT2D eigenvalue weighted by Crippen LogP contribution is 2.31. The molecule has 1 aliphatic heterocycles. The minimum absolute atomic E-state index is 0.149. The molecule has 0 bridgehead atoms. The van der Waals surface area contributed by atoms with Gasteiger partial charge in [-0.05, 0) is 56.4 Å². The second kappa shape index (κ2) is 7.43. The SMILES string of the molecule is CCC1CCCCN1C(=O)c1cc2c(C)nn(Cc3ccc(F)cc3)c2s1. The summed E-state index contributed by atoms with van der Waals surface area (Å²) < 4.78 is 15.1. The molecule has 3 heterocycles. The molecule has 0 aliphatic carbocycles. The predicted molar refractivity (Wildman–Crippen MR) is 107 cm³/mol. The number of nitrogens with zero attached hydrogens (tertiary/aromatic N) is 3. The summed E-state index contributed by atoms with van der Waals surface area (Å²) in [6.07, 6.45) is 4.41. The zero-order valence-electron chi connectivity index (χ0n) is 15.7. The molecule has 0 spiro atoms. The first kappa shape index (κ1) is 18.2. The summed E-state index contributed by atoms with van der Waals surface area (Å²) in [7, 11) is 0. The Balaban J connectivity index is 1.64. The topological polar surface area (TPSA) is 38.1 Å². The normalized spacial score (nSPS) is 17.6. The second-order valence-electron chi connectivity index (χ2n) is 7.26. The lowest BCUT2D eigenvalue weighted by Crippen LogP contribution is -2.43. The van der Waals surface area contributed by atoms with Gasteiger partial charge in [-0.15, -0.1) is 11.3 Å². The Morgan fingerprint density at radius 3 is 2.81 bits per heavy atom. The third kappa shape index (κ3) is 3.50. The van der Waals surface area contributed by atoms with E-state index in [1.807, 2.05) is 17.7 Å². The number of aromatic nitrogens is 2. The average molecular weight is 386 g/mol. The standard InChI is InChI=1S/C21H24FN3OS/c1-3-17-6-4-5-11-24(17)20(26)19-12-18-14(2)23-25(21(18)27-19)13-15-7-9-16(22)10-8-15/h7-10,12,17H,3-6,11,13H2,1-2H3. The van der Waals surface area contributed by atoms with E-state index in [1.165, 1.54) is 29.9 Å². The van der Waals surface area contributed by atoms with Gasteiger partial charge in [0.05, 0.1) is 17.1 Å². The Kier molecular flexibility index (Phi) is 5.00. The summed E-state index contributed by atoms with van der Waals surface area (Å²) in [5, 5.41) is 5.66. The summed E-state index contributed by atoms with van der Waals surface area (Å²) in [4.78, 5) is 17.0. The van der Waals surface area contributed by atoms with Crippen LogP contribution in [0.3, 0.4) is 0 Å². The van der Waals surface area contributed by atoms with Crippen molar-refractivity contribution in [3.8, 4) is 0 Å². The van der Waals surface area contributed by atoms with E-state index in [1.54, 1.807) is 12.1 Å². The van der Waals surface area contributed by atoms with E-state index >= 15 is 0 Å². The summed E-state index contributed by atoms with van der Waals surface area (Å²) in [5.74, 6) is -0.0907. The number of amides is 1. The van der Waals surface area contributed by atoms with E-state index in [4.69, 9.17) is 0 Å². The molecule has 1 aliphatic rings. The van der Waals surface area contributed by atoms with Crippen LogP contribution in [-0.2, 0) is 6.54 Å². The fraction of sp³-hybridized carbons (Fsp3) is 0.429. The molecule has 2 aromatic heterocycles. The number of halogens is 1. The number of thiophene rings is 1. The maximum Gasteiger partial charge on any atom is 0.264 e. The van der Waals surface area contributed by atoms with Gasteiger partial charge in [-0.1, -0.05) is 19.1 Å². The Bertz CT molecular complexity index is 960. The largest absolute Gasteiger partial charge is 0.335 e. The number of likely N-dealkylation sites (tertiary alicyclic amines) is 1. The number of fused-ring (bicyclic) bond motifs is 1. The van der Waals surface area contributed by atoms with Crippen LogP contribution < -0.4 is 0 Å². The molecule has 1 saturated heterocycles. The molecule has 1 unspecified atom stereocenters. The van der Waals surface area contributed by atoms with Crippen LogP contribution in [-0.4, -0.2) is 33.2 Å². The molecule has 0 saturated carbocycles.